The van der Waals surface area contributed by atoms with Crippen molar-refractivity contribution in [1.29, 1.82) is 0 Å². The summed E-state index contributed by atoms with van der Waals surface area (Å²) in [4.78, 5) is 1.50. The molecule has 112 valence electrons. The van der Waals surface area contributed by atoms with Gasteiger partial charge in [0.15, 0.2) is 0 Å². The molecule has 1 nitrogen and oxygen atoms in total. The molecule has 1 heterocycles. The maximum absolute atomic E-state index is 14.1. The SMILES string of the molecule is CNC(Cc1cccc(Cl)c1F)C1CCCc2sccc21. The summed E-state index contributed by atoms with van der Waals surface area (Å²) >= 11 is 7.74. The molecule has 1 aromatic carbocycles. The van der Waals surface area contributed by atoms with E-state index in [0.29, 0.717) is 17.9 Å². The Balaban J connectivity index is 1.85. The molecule has 0 spiro atoms. The highest BCUT2D eigenvalue weighted by atomic mass is 35.5. The number of aryl methyl sites for hydroxylation is 1. The van der Waals surface area contributed by atoms with E-state index in [-0.39, 0.29) is 16.9 Å². The second kappa shape index (κ2) is 6.47. The Morgan fingerprint density at radius 2 is 2.29 bits per heavy atom. The van der Waals surface area contributed by atoms with Crippen molar-refractivity contribution in [2.75, 3.05) is 7.05 Å². The molecule has 1 aliphatic rings. The fourth-order valence-corrected chi connectivity index (χ4v) is 4.52. The predicted molar refractivity (Wildman–Crippen MR) is 88.0 cm³/mol. The number of likely N-dealkylation sites (N-methyl/N-ethyl adjacent to an activating group) is 1. The van der Waals surface area contributed by atoms with Crippen molar-refractivity contribution in [2.24, 2.45) is 0 Å². The zero-order valence-corrected chi connectivity index (χ0v) is 13.6. The van der Waals surface area contributed by atoms with Gasteiger partial charge in [-0.1, -0.05) is 23.7 Å². The first kappa shape index (κ1) is 15.0. The average molecular weight is 324 g/mol. The Morgan fingerprint density at radius 1 is 1.43 bits per heavy atom. The third-order valence-corrected chi connectivity index (χ3v) is 5.71. The van der Waals surface area contributed by atoms with Crippen LogP contribution in [0.1, 0.15) is 34.8 Å². The summed E-state index contributed by atoms with van der Waals surface area (Å²) in [6.45, 7) is 0. The maximum atomic E-state index is 14.1. The number of hydrogen-bond donors (Lipinski definition) is 1. The van der Waals surface area contributed by atoms with Gasteiger partial charge in [0.25, 0.3) is 0 Å². The molecule has 1 aromatic heterocycles. The molecular formula is C17H19ClFNS. The molecule has 0 bridgehead atoms. The molecule has 0 radical (unpaired) electrons. The Labute approximate surface area is 134 Å². The van der Waals surface area contributed by atoms with Gasteiger partial charge in [0.1, 0.15) is 5.82 Å². The van der Waals surface area contributed by atoms with Gasteiger partial charge in [0, 0.05) is 16.8 Å². The molecule has 0 amide bonds. The van der Waals surface area contributed by atoms with Crippen molar-refractivity contribution in [3.8, 4) is 0 Å². The molecule has 2 unspecified atom stereocenters. The van der Waals surface area contributed by atoms with Crippen molar-refractivity contribution < 1.29 is 4.39 Å². The van der Waals surface area contributed by atoms with Crippen LogP contribution in [0.5, 0.6) is 0 Å². The van der Waals surface area contributed by atoms with Gasteiger partial charge in [-0.15, -0.1) is 11.3 Å². The number of halogens is 2. The number of fused-ring (bicyclic) bond motifs is 1. The Kier molecular flexibility index (Phi) is 4.63. The largest absolute Gasteiger partial charge is 0.316 e. The minimum atomic E-state index is -0.277. The van der Waals surface area contributed by atoms with Crippen molar-refractivity contribution in [2.45, 2.75) is 37.6 Å². The summed E-state index contributed by atoms with van der Waals surface area (Å²) in [6.07, 6.45) is 4.24. The Bertz CT molecular complexity index is 625. The third-order valence-electron chi connectivity index (χ3n) is 4.43. The second-order valence-corrected chi connectivity index (χ2v) is 7.02. The van der Waals surface area contributed by atoms with Crippen molar-refractivity contribution in [1.82, 2.24) is 5.32 Å². The van der Waals surface area contributed by atoms with Gasteiger partial charge in [0.05, 0.1) is 5.02 Å². The van der Waals surface area contributed by atoms with Crippen LogP contribution in [0, 0.1) is 5.82 Å². The first-order valence-corrected chi connectivity index (χ1v) is 8.63. The summed E-state index contributed by atoms with van der Waals surface area (Å²) in [5.74, 6) is 0.184. The molecule has 1 aliphatic carbocycles. The number of hydrogen-bond acceptors (Lipinski definition) is 2. The van der Waals surface area contributed by atoms with E-state index in [0.717, 1.165) is 6.42 Å². The van der Waals surface area contributed by atoms with Gasteiger partial charge in [-0.05, 0) is 61.4 Å². The van der Waals surface area contributed by atoms with Crippen LogP contribution in [0.4, 0.5) is 4.39 Å². The van der Waals surface area contributed by atoms with Crippen molar-refractivity contribution in [3.63, 3.8) is 0 Å². The maximum Gasteiger partial charge on any atom is 0.145 e. The van der Waals surface area contributed by atoms with Crippen LogP contribution in [-0.4, -0.2) is 13.1 Å². The van der Waals surface area contributed by atoms with Crippen molar-refractivity contribution in [3.05, 3.63) is 56.5 Å². The van der Waals surface area contributed by atoms with Gasteiger partial charge < -0.3 is 5.32 Å². The molecule has 2 aromatic rings. The molecular weight excluding hydrogens is 305 g/mol. The fourth-order valence-electron chi connectivity index (χ4n) is 3.33. The van der Waals surface area contributed by atoms with Gasteiger partial charge in [-0.3, -0.25) is 0 Å². The minimum absolute atomic E-state index is 0.210. The fraction of sp³-hybridized carbons (Fsp3) is 0.412. The first-order chi connectivity index (χ1) is 10.2. The van der Waals surface area contributed by atoms with E-state index in [9.17, 15) is 4.39 Å². The molecule has 0 fully saturated rings. The lowest BCUT2D eigenvalue weighted by Crippen LogP contribution is -2.35. The van der Waals surface area contributed by atoms with E-state index in [1.54, 1.807) is 6.07 Å². The highest BCUT2D eigenvalue weighted by molar-refractivity contribution is 7.10. The molecule has 1 N–H and O–H groups in total. The summed E-state index contributed by atoms with van der Waals surface area (Å²) < 4.78 is 14.1. The van der Waals surface area contributed by atoms with Gasteiger partial charge >= 0.3 is 0 Å². The lowest BCUT2D eigenvalue weighted by atomic mass is 9.80. The van der Waals surface area contributed by atoms with Crippen LogP contribution in [-0.2, 0) is 12.8 Å². The van der Waals surface area contributed by atoms with Crippen LogP contribution in [0.25, 0.3) is 0 Å². The quantitative estimate of drug-likeness (QED) is 0.853. The summed E-state index contributed by atoms with van der Waals surface area (Å²) in [5.41, 5.74) is 2.15. The monoisotopic (exact) mass is 323 g/mol. The molecule has 21 heavy (non-hydrogen) atoms. The van der Waals surface area contributed by atoms with E-state index >= 15 is 0 Å². The van der Waals surface area contributed by atoms with E-state index in [4.69, 9.17) is 11.6 Å². The van der Waals surface area contributed by atoms with Crippen molar-refractivity contribution >= 4 is 22.9 Å². The standard InChI is InChI=1S/C17H19ClFNS/c1-20-15(10-11-4-2-6-14(18)17(11)19)12-5-3-7-16-13(12)8-9-21-16/h2,4,6,8-9,12,15,20H,3,5,7,10H2,1H3. The van der Waals surface area contributed by atoms with Gasteiger partial charge in [-0.2, -0.15) is 0 Å². The normalized spacial score (nSPS) is 19.3. The first-order valence-electron chi connectivity index (χ1n) is 7.37. The molecule has 3 rings (SSSR count). The molecule has 4 heteroatoms. The minimum Gasteiger partial charge on any atom is -0.316 e. The summed E-state index contributed by atoms with van der Waals surface area (Å²) in [5, 5.41) is 5.78. The highest BCUT2D eigenvalue weighted by Crippen LogP contribution is 2.38. The van der Waals surface area contributed by atoms with Crippen LogP contribution in [0.15, 0.2) is 29.6 Å². The molecule has 2 atom stereocenters. The lowest BCUT2D eigenvalue weighted by molar-refractivity contribution is 0.409. The van der Waals surface area contributed by atoms with Crippen LogP contribution in [0.3, 0.4) is 0 Å². The van der Waals surface area contributed by atoms with E-state index in [1.165, 1.54) is 23.3 Å². The lowest BCUT2D eigenvalue weighted by Gasteiger charge is -2.31. The smallest absolute Gasteiger partial charge is 0.145 e. The van der Waals surface area contributed by atoms with Crippen LogP contribution < -0.4 is 5.32 Å². The topological polar surface area (TPSA) is 12.0 Å². The predicted octanol–water partition coefficient (Wildman–Crippen LogP) is 4.79. The zero-order valence-electron chi connectivity index (χ0n) is 12.0. The highest BCUT2D eigenvalue weighted by Gasteiger charge is 2.28. The zero-order chi connectivity index (χ0) is 14.8. The second-order valence-electron chi connectivity index (χ2n) is 5.61. The molecule has 0 aliphatic heterocycles. The van der Waals surface area contributed by atoms with E-state index in [1.807, 2.05) is 30.5 Å². The number of nitrogens with one attached hydrogen (secondary N) is 1. The number of benzene rings is 1. The summed E-state index contributed by atoms with van der Waals surface area (Å²) in [7, 11) is 1.97. The number of thiophene rings is 1. The summed E-state index contributed by atoms with van der Waals surface area (Å²) in [6, 6.07) is 7.74. The molecule has 0 saturated heterocycles. The van der Waals surface area contributed by atoms with Gasteiger partial charge in [0.2, 0.25) is 0 Å². The van der Waals surface area contributed by atoms with E-state index < -0.39 is 0 Å². The van der Waals surface area contributed by atoms with E-state index in [2.05, 4.69) is 16.8 Å². The Morgan fingerprint density at radius 3 is 3.10 bits per heavy atom. The third kappa shape index (κ3) is 3.01. The van der Waals surface area contributed by atoms with Gasteiger partial charge in [-0.25, -0.2) is 4.39 Å². The van der Waals surface area contributed by atoms with Crippen LogP contribution >= 0.6 is 22.9 Å². The number of rotatable bonds is 4. The van der Waals surface area contributed by atoms with Crippen LogP contribution in [0.2, 0.25) is 5.02 Å². The Hall–Kier alpha value is -0.900. The molecule has 0 saturated carbocycles. The average Bonchev–Trinajstić information content (AvgIpc) is 2.97.